The van der Waals surface area contributed by atoms with Crippen LogP contribution in [0, 0.1) is 0 Å². The quantitative estimate of drug-likeness (QED) is 0.894. The Labute approximate surface area is 141 Å². The van der Waals surface area contributed by atoms with Gasteiger partial charge in [-0.3, -0.25) is 4.79 Å². The number of phenols is 1. The van der Waals surface area contributed by atoms with E-state index in [9.17, 15) is 9.90 Å². The summed E-state index contributed by atoms with van der Waals surface area (Å²) in [5.41, 5.74) is 2.85. The van der Waals surface area contributed by atoms with Gasteiger partial charge in [-0.2, -0.15) is 5.10 Å². The lowest BCUT2D eigenvalue weighted by atomic mass is 9.78. The number of aromatic amines is 1. The average molecular weight is 334 g/mol. The number of aryl methyl sites for hydroxylation is 2. The number of phenolic OH excluding ortho intramolecular Hbond substituents is 1. The molecule has 0 aliphatic heterocycles. The lowest BCUT2D eigenvalue weighted by Gasteiger charge is -2.28. The van der Waals surface area contributed by atoms with Gasteiger partial charge in [-0.25, -0.2) is 5.10 Å². The smallest absolute Gasteiger partial charge is 0.322 e. The molecule has 2 N–H and O–H groups in total. The normalized spacial score (nSPS) is 12.6. The summed E-state index contributed by atoms with van der Waals surface area (Å²) in [6.45, 7) is 12.7. The highest BCUT2D eigenvalue weighted by molar-refractivity contribution is 7.08. The molecule has 0 aliphatic rings. The predicted octanol–water partition coefficient (Wildman–Crippen LogP) is 3.92. The van der Waals surface area contributed by atoms with E-state index in [-0.39, 0.29) is 15.7 Å². The highest BCUT2D eigenvalue weighted by Gasteiger charge is 2.26. The third kappa shape index (κ3) is 4.22. The van der Waals surface area contributed by atoms with Crippen LogP contribution in [0.4, 0.5) is 0 Å². The number of rotatable bonds is 3. The minimum atomic E-state index is -0.128. The van der Waals surface area contributed by atoms with Gasteiger partial charge in [0.25, 0.3) is 0 Å². The van der Waals surface area contributed by atoms with Crippen molar-refractivity contribution in [1.82, 2.24) is 10.2 Å². The molecule has 0 fully saturated rings. The Morgan fingerprint density at radius 1 is 1.04 bits per heavy atom. The molecule has 0 atom stereocenters. The van der Waals surface area contributed by atoms with Gasteiger partial charge >= 0.3 is 4.87 Å². The maximum absolute atomic E-state index is 11.2. The summed E-state index contributed by atoms with van der Waals surface area (Å²) in [7, 11) is 0. The van der Waals surface area contributed by atoms with Crippen LogP contribution >= 0.6 is 11.3 Å². The second kappa shape index (κ2) is 6.11. The molecule has 126 valence electrons. The Morgan fingerprint density at radius 3 is 1.96 bits per heavy atom. The fourth-order valence-corrected chi connectivity index (χ4v) is 3.20. The Kier molecular flexibility index (Phi) is 4.71. The number of benzene rings is 1. The first-order chi connectivity index (χ1) is 10.5. The lowest BCUT2D eigenvalue weighted by Crippen LogP contribution is -2.18. The number of aromatic hydroxyl groups is 1. The molecule has 0 saturated heterocycles. The highest BCUT2D eigenvalue weighted by atomic mass is 32.1. The Bertz CT molecular complexity index is 710. The summed E-state index contributed by atoms with van der Waals surface area (Å²) < 4.78 is 0. The standard InChI is InChI=1S/C18H26N2O2S/c1-17(2,3)12-9-11(7-8-14-19-20-16(22)23-14)10-13(15(12)21)18(4,5)6/h9-10,21H,7-8H2,1-6H3,(H,20,22). The van der Waals surface area contributed by atoms with Gasteiger partial charge < -0.3 is 5.11 Å². The zero-order chi connectivity index (χ0) is 17.4. The molecule has 5 heteroatoms. The number of H-pyrrole nitrogens is 1. The molecule has 0 amide bonds. The largest absolute Gasteiger partial charge is 0.507 e. The van der Waals surface area contributed by atoms with Gasteiger partial charge in [0.1, 0.15) is 10.8 Å². The maximum atomic E-state index is 11.2. The van der Waals surface area contributed by atoms with Crippen molar-refractivity contribution in [1.29, 1.82) is 0 Å². The molecule has 0 aliphatic carbocycles. The number of hydrogen-bond acceptors (Lipinski definition) is 4. The van der Waals surface area contributed by atoms with E-state index in [1.807, 2.05) is 0 Å². The first kappa shape index (κ1) is 17.7. The molecule has 1 heterocycles. The summed E-state index contributed by atoms with van der Waals surface area (Å²) >= 11 is 1.16. The zero-order valence-electron chi connectivity index (χ0n) is 14.8. The summed E-state index contributed by atoms with van der Waals surface area (Å²) in [6.07, 6.45) is 1.52. The van der Waals surface area contributed by atoms with E-state index in [2.05, 4.69) is 63.9 Å². The molecule has 0 saturated carbocycles. The van der Waals surface area contributed by atoms with Gasteiger partial charge in [0.2, 0.25) is 0 Å². The SMILES string of the molecule is CC(C)(C)c1cc(CCc2n[nH]c(=O)s2)cc(C(C)(C)C)c1O. The van der Waals surface area contributed by atoms with Crippen LogP contribution in [0.2, 0.25) is 0 Å². The van der Waals surface area contributed by atoms with Crippen molar-refractivity contribution in [3.8, 4) is 5.75 Å². The van der Waals surface area contributed by atoms with Crippen LogP contribution in [0.5, 0.6) is 5.75 Å². The van der Waals surface area contributed by atoms with E-state index in [1.165, 1.54) is 5.56 Å². The molecule has 1 aromatic heterocycles. The average Bonchev–Trinajstić information content (AvgIpc) is 2.80. The van der Waals surface area contributed by atoms with Crippen LogP contribution in [-0.2, 0) is 23.7 Å². The topological polar surface area (TPSA) is 66.0 Å². The summed E-state index contributed by atoms with van der Waals surface area (Å²) in [6, 6.07) is 4.17. The minimum absolute atomic E-state index is 0.114. The summed E-state index contributed by atoms with van der Waals surface area (Å²) in [4.78, 5) is 11.1. The first-order valence-electron chi connectivity index (χ1n) is 7.90. The number of nitrogens with one attached hydrogen (secondary N) is 1. The Hall–Kier alpha value is -1.62. The molecule has 0 spiro atoms. The molecule has 0 unspecified atom stereocenters. The van der Waals surface area contributed by atoms with Crippen molar-refractivity contribution in [3.63, 3.8) is 0 Å². The Balaban J connectivity index is 2.41. The van der Waals surface area contributed by atoms with Crippen LogP contribution in [0.15, 0.2) is 16.9 Å². The van der Waals surface area contributed by atoms with Gasteiger partial charge in [0, 0.05) is 6.42 Å². The summed E-state index contributed by atoms with van der Waals surface area (Å²) in [5, 5.41) is 18.0. The molecular formula is C18H26N2O2S. The third-order valence-corrected chi connectivity index (χ3v) is 4.70. The molecule has 0 radical (unpaired) electrons. The van der Waals surface area contributed by atoms with Gasteiger partial charge in [-0.15, -0.1) is 0 Å². The van der Waals surface area contributed by atoms with Crippen molar-refractivity contribution < 1.29 is 5.11 Å². The van der Waals surface area contributed by atoms with Gasteiger partial charge in [-0.1, -0.05) is 65.0 Å². The molecule has 2 rings (SSSR count). The maximum Gasteiger partial charge on any atom is 0.322 e. The first-order valence-corrected chi connectivity index (χ1v) is 8.71. The Morgan fingerprint density at radius 2 is 1.57 bits per heavy atom. The third-order valence-electron chi connectivity index (χ3n) is 3.90. The van der Waals surface area contributed by atoms with E-state index in [1.54, 1.807) is 0 Å². The van der Waals surface area contributed by atoms with Gasteiger partial charge in [0.15, 0.2) is 0 Å². The molecule has 4 nitrogen and oxygen atoms in total. The van der Waals surface area contributed by atoms with Crippen LogP contribution in [-0.4, -0.2) is 15.3 Å². The molecule has 1 aromatic carbocycles. The second-order valence-electron chi connectivity index (χ2n) is 8.05. The lowest BCUT2D eigenvalue weighted by molar-refractivity contribution is 0.422. The number of nitrogens with zero attached hydrogens (tertiary/aromatic N) is 1. The van der Waals surface area contributed by atoms with Crippen molar-refractivity contribution in [2.45, 2.75) is 65.2 Å². The van der Waals surface area contributed by atoms with Crippen molar-refractivity contribution >= 4 is 11.3 Å². The molecule has 2 aromatic rings. The van der Waals surface area contributed by atoms with Crippen LogP contribution in [0.1, 0.15) is 63.2 Å². The van der Waals surface area contributed by atoms with Gasteiger partial charge in [0.05, 0.1) is 0 Å². The molecule has 23 heavy (non-hydrogen) atoms. The fourth-order valence-electron chi connectivity index (χ4n) is 2.60. The zero-order valence-corrected chi connectivity index (χ0v) is 15.6. The van der Waals surface area contributed by atoms with Gasteiger partial charge in [-0.05, 0) is 33.9 Å². The molecule has 0 bridgehead atoms. The van der Waals surface area contributed by atoms with E-state index in [4.69, 9.17) is 0 Å². The predicted molar refractivity (Wildman–Crippen MR) is 95.6 cm³/mol. The second-order valence-corrected chi connectivity index (χ2v) is 9.09. The minimum Gasteiger partial charge on any atom is -0.507 e. The fraction of sp³-hybridized carbons (Fsp3) is 0.556. The van der Waals surface area contributed by atoms with Crippen LogP contribution in [0.25, 0.3) is 0 Å². The molecular weight excluding hydrogens is 308 g/mol. The van der Waals surface area contributed by atoms with Crippen molar-refractivity contribution in [2.24, 2.45) is 0 Å². The number of aromatic nitrogens is 2. The number of hydrogen-bond donors (Lipinski definition) is 2. The van der Waals surface area contributed by atoms with Crippen LogP contribution in [0.3, 0.4) is 0 Å². The monoisotopic (exact) mass is 334 g/mol. The van der Waals surface area contributed by atoms with E-state index in [0.29, 0.717) is 5.75 Å². The van der Waals surface area contributed by atoms with E-state index in [0.717, 1.165) is 40.3 Å². The van der Waals surface area contributed by atoms with Crippen molar-refractivity contribution in [2.75, 3.05) is 0 Å². The van der Waals surface area contributed by atoms with Crippen molar-refractivity contribution in [3.05, 3.63) is 43.5 Å². The van der Waals surface area contributed by atoms with E-state index >= 15 is 0 Å². The highest BCUT2D eigenvalue weighted by Crippen LogP contribution is 2.39. The van der Waals surface area contributed by atoms with E-state index < -0.39 is 0 Å². The summed E-state index contributed by atoms with van der Waals surface area (Å²) in [5.74, 6) is 0.401. The van der Waals surface area contributed by atoms with Crippen LogP contribution < -0.4 is 4.87 Å².